The summed E-state index contributed by atoms with van der Waals surface area (Å²) >= 11 is 0. The zero-order valence-corrected chi connectivity index (χ0v) is 13.8. The molecule has 3 aliphatic rings. The minimum absolute atomic E-state index is 0.0262. The molecule has 1 aliphatic carbocycles. The van der Waals surface area contributed by atoms with Gasteiger partial charge in [0.1, 0.15) is 0 Å². The molecule has 4 unspecified atom stereocenters. The molecule has 0 aromatic rings. The number of aliphatic hydroxyl groups is 1. The Morgan fingerprint density at radius 1 is 0.905 bits per heavy atom. The van der Waals surface area contributed by atoms with Gasteiger partial charge in [-0.05, 0) is 71.6 Å². The highest BCUT2D eigenvalue weighted by Crippen LogP contribution is 2.35. The Morgan fingerprint density at radius 3 is 2.52 bits per heavy atom. The van der Waals surface area contributed by atoms with Crippen molar-refractivity contribution in [3.63, 3.8) is 0 Å². The van der Waals surface area contributed by atoms with E-state index in [1.807, 2.05) is 0 Å². The normalized spacial score (nSPS) is 39.7. The zero-order chi connectivity index (χ0) is 14.7. The molecule has 122 valence electrons. The van der Waals surface area contributed by atoms with Crippen LogP contribution in [-0.2, 0) is 0 Å². The molecule has 2 heterocycles. The van der Waals surface area contributed by atoms with Crippen LogP contribution in [-0.4, -0.2) is 59.8 Å². The van der Waals surface area contributed by atoms with Crippen molar-refractivity contribution in [2.24, 2.45) is 5.92 Å². The maximum Gasteiger partial charge on any atom is 0.0583 e. The molecule has 0 spiro atoms. The van der Waals surface area contributed by atoms with E-state index in [9.17, 15) is 5.11 Å². The van der Waals surface area contributed by atoms with Gasteiger partial charge in [0.05, 0.1) is 6.10 Å². The Kier molecular flexibility index (Phi) is 5.58. The van der Waals surface area contributed by atoms with E-state index in [1.165, 1.54) is 77.4 Å². The fraction of sp³-hybridized carbons (Fsp3) is 1.00. The Bertz CT molecular complexity index is 322. The number of hydrogen-bond acceptors (Lipinski definition) is 3. The summed E-state index contributed by atoms with van der Waals surface area (Å²) in [4.78, 5) is 5.30. The molecule has 3 nitrogen and oxygen atoms in total. The molecule has 0 radical (unpaired) electrons. The van der Waals surface area contributed by atoms with Crippen molar-refractivity contribution in [1.82, 2.24) is 9.80 Å². The molecule has 0 aromatic carbocycles. The highest BCUT2D eigenvalue weighted by molar-refractivity contribution is 4.91. The van der Waals surface area contributed by atoms with Crippen molar-refractivity contribution >= 4 is 0 Å². The molecule has 1 N–H and O–H groups in total. The van der Waals surface area contributed by atoms with Crippen LogP contribution in [0.15, 0.2) is 0 Å². The van der Waals surface area contributed by atoms with E-state index in [0.717, 1.165) is 12.5 Å². The Balaban J connectivity index is 1.51. The molecular weight excluding hydrogens is 260 g/mol. The van der Waals surface area contributed by atoms with Gasteiger partial charge in [0.25, 0.3) is 0 Å². The first-order valence-corrected chi connectivity index (χ1v) is 9.38. The van der Waals surface area contributed by atoms with Gasteiger partial charge < -0.3 is 10.0 Å². The largest absolute Gasteiger partial charge is 0.393 e. The monoisotopic (exact) mass is 294 g/mol. The van der Waals surface area contributed by atoms with Crippen molar-refractivity contribution in [1.29, 1.82) is 0 Å². The summed E-state index contributed by atoms with van der Waals surface area (Å²) in [6.45, 7) is 3.81. The Morgan fingerprint density at radius 2 is 1.71 bits per heavy atom. The summed E-state index contributed by atoms with van der Waals surface area (Å²) in [5, 5.41) is 10.4. The fourth-order valence-corrected chi connectivity index (χ4v) is 5.03. The van der Waals surface area contributed by atoms with Crippen LogP contribution in [0.25, 0.3) is 0 Å². The lowest BCUT2D eigenvalue weighted by molar-refractivity contribution is 0.0195. The average molecular weight is 294 g/mol. The van der Waals surface area contributed by atoms with Crippen LogP contribution in [0.2, 0.25) is 0 Å². The van der Waals surface area contributed by atoms with Crippen LogP contribution in [0, 0.1) is 5.92 Å². The molecule has 2 aliphatic heterocycles. The van der Waals surface area contributed by atoms with Crippen molar-refractivity contribution in [3.8, 4) is 0 Å². The van der Waals surface area contributed by atoms with Crippen molar-refractivity contribution in [2.45, 2.75) is 82.4 Å². The predicted molar refractivity (Wildman–Crippen MR) is 87.4 cm³/mol. The van der Waals surface area contributed by atoms with Crippen molar-refractivity contribution < 1.29 is 5.11 Å². The first-order chi connectivity index (χ1) is 10.3. The third-order valence-electron chi connectivity index (χ3n) is 6.36. The topological polar surface area (TPSA) is 26.7 Å². The van der Waals surface area contributed by atoms with Crippen LogP contribution in [0.4, 0.5) is 0 Å². The van der Waals surface area contributed by atoms with Gasteiger partial charge in [-0.25, -0.2) is 0 Å². The van der Waals surface area contributed by atoms with Crippen molar-refractivity contribution in [2.75, 3.05) is 26.7 Å². The second-order valence-corrected chi connectivity index (χ2v) is 7.68. The quantitative estimate of drug-likeness (QED) is 0.863. The molecule has 0 bridgehead atoms. The summed E-state index contributed by atoms with van der Waals surface area (Å²) in [5.74, 6) is 0.560. The van der Waals surface area contributed by atoms with Gasteiger partial charge in [0, 0.05) is 18.0 Å². The molecule has 0 amide bonds. The van der Waals surface area contributed by atoms with E-state index in [-0.39, 0.29) is 6.10 Å². The molecule has 3 heteroatoms. The summed E-state index contributed by atoms with van der Waals surface area (Å²) in [6, 6.07) is 1.48. The first kappa shape index (κ1) is 15.8. The highest BCUT2D eigenvalue weighted by Gasteiger charge is 2.36. The lowest BCUT2D eigenvalue weighted by Crippen LogP contribution is -2.45. The van der Waals surface area contributed by atoms with Gasteiger partial charge in [0.15, 0.2) is 0 Å². The zero-order valence-electron chi connectivity index (χ0n) is 13.8. The number of aliphatic hydroxyl groups excluding tert-OH is 1. The minimum atomic E-state index is -0.0262. The third kappa shape index (κ3) is 3.80. The van der Waals surface area contributed by atoms with Gasteiger partial charge >= 0.3 is 0 Å². The van der Waals surface area contributed by atoms with Gasteiger partial charge in [-0.15, -0.1) is 0 Å². The maximum atomic E-state index is 10.4. The van der Waals surface area contributed by atoms with Gasteiger partial charge in [0.2, 0.25) is 0 Å². The van der Waals surface area contributed by atoms with Crippen LogP contribution >= 0.6 is 0 Å². The maximum absolute atomic E-state index is 10.4. The first-order valence-electron chi connectivity index (χ1n) is 9.38. The molecule has 2 saturated heterocycles. The molecule has 1 saturated carbocycles. The minimum Gasteiger partial charge on any atom is -0.393 e. The van der Waals surface area contributed by atoms with Gasteiger partial charge in [-0.3, -0.25) is 4.90 Å². The van der Waals surface area contributed by atoms with E-state index in [4.69, 9.17) is 0 Å². The molecule has 0 aromatic heterocycles. The van der Waals surface area contributed by atoms with E-state index in [0.29, 0.717) is 12.0 Å². The number of hydrogen-bond donors (Lipinski definition) is 1. The summed E-state index contributed by atoms with van der Waals surface area (Å²) in [6.07, 6.45) is 13.0. The SMILES string of the molecule is CN1CCCCC1CCN1CCCC1C1CCCCC1O. The van der Waals surface area contributed by atoms with E-state index in [2.05, 4.69) is 16.8 Å². The van der Waals surface area contributed by atoms with Crippen molar-refractivity contribution in [3.05, 3.63) is 0 Å². The highest BCUT2D eigenvalue weighted by atomic mass is 16.3. The molecule has 4 atom stereocenters. The van der Waals surface area contributed by atoms with E-state index >= 15 is 0 Å². The molecule has 21 heavy (non-hydrogen) atoms. The molecular formula is C18H34N2O. The Hall–Kier alpha value is -0.120. The standard InChI is InChI=1S/C18H34N2O/c1-19-12-5-4-7-15(19)11-14-20-13-6-9-17(20)16-8-2-3-10-18(16)21/h15-18,21H,2-14H2,1H3. The Labute approximate surface area is 130 Å². The fourth-order valence-electron chi connectivity index (χ4n) is 5.03. The third-order valence-corrected chi connectivity index (χ3v) is 6.36. The molecule has 3 fully saturated rings. The van der Waals surface area contributed by atoms with Crippen LogP contribution in [0.1, 0.15) is 64.2 Å². The van der Waals surface area contributed by atoms with Crippen LogP contribution in [0.5, 0.6) is 0 Å². The molecule has 3 rings (SSSR count). The second kappa shape index (κ2) is 7.43. The predicted octanol–water partition coefficient (Wildman–Crippen LogP) is 2.88. The van der Waals surface area contributed by atoms with Gasteiger partial charge in [-0.2, -0.15) is 0 Å². The average Bonchev–Trinajstić information content (AvgIpc) is 2.95. The number of rotatable bonds is 4. The van der Waals surface area contributed by atoms with Crippen LogP contribution in [0.3, 0.4) is 0 Å². The summed E-state index contributed by atoms with van der Waals surface area (Å²) < 4.78 is 0. The lowest BCUT2D eigenvalue weighted by Gasteiger charge is -2.39. The number of likely N-dealkylation sites (tertiary alicyclic amines) is 2. The van der Waals surface area contributed by atoms with Crippen LogP contribution < -0.4 is 0 Å². The smallest absolute Gasteiger partial charge is 0.0583 e. The number of piperidine rings is 1. The van der Waals surface area contributed by atoms with Gasteiger partial charge in [-0.1, -0.05) is 19.3 Å². The van der Waals surface area contributed by atoms with E-state index in [1.54, 1.807) is 0 Å². The van der Waals surface area contributed by atoms with E-state index < -0.39 is 0 Å². The summed E-state index contributed by atoms with van der Waals surface area (Å²) in [5.41, 5.74) is 0. The summed E-state index contributed by atoms with van der Waals surface area (Å²) in [7, 11) is 2.30. The number of nitrogens with zero attached hydrogens (tertiary/aromatic N) is 2. The lowest BCUT2D eigenvalue weighted by atomic mass is 9.80. The second-order valence-electron chi connectivity index (χ2n) is 7.68.